The van der Waals surface area contributed by atoms with Gasteiger partial charge < -0.3 is 83.6 Å². The van der Waals surface area contributed by atoms with Gasteiger partial charge in [-0.1, -0.05) is 139 Å². The monoisotopic (exact) mass is 1720 g/mol. The SMILES string of the molecule is CC[C@H]1OC(OC(C)=O)[C@H](OC(=O)c2ccccc2)[C@@H]1C.CC[C@H]1O[C@@H](N2C(=O)CC(=O)c3ccccc32)C(OC(=O)c2ccccc2)C1C.CC[C@H]1O[C@@H]2[C@@H](Oc3nc(=O)c4ccccc4n32)[C@@H]1C.CN.O=C1CC(=O)N([C@@H]2O[C@H](CO)[C@@H](O)[C@H]2O)c2ccccc21.O=c1[nH]c(=O)c2ccccc2[nH]1.O=c1nc2n(c3ccccc13)[C@@H]1O[C@H](CO)[C@@H](O)[C@@H]1O2. The minimum absolute atomic E-state index is 0.0352. The van der Waals surface area contributed by atoms with E-state index in [4.69, 9.17) is 52.5 Å². The lowest BCUT2D eigenvalue weighted by molar-refractivity contribution is -0.186. The second-order valence-electron chi connectivity index (χ2n) is 30.6. The van der Waals surface area contributed by atoms with Crippen LogP contribution in [0, 0.1) is 17.8 Å². The van der Waals surface area contributed by atoms with Crippen LogP contribution in [0.15, 0.2) is 201 Å². The molecule has 658 valence electrons. The second-order valence-corrected chi connectivity index (χ2v) is 30.6. The van der Waals surface area contributed by atoms with Crippen LogP contribution in [0.5, 0.6) is 12.0 Å². The Balaban J connectivity index is 0.000000130. The number of para-hydroxylation sites is 5. The van der Waals surface area contributed by atoms with Crippen molar-refractivity contribution in [2.24, 2.45) is 23.5 Å². The number of benzene rings is 7. The predicted octanol–water partition coefficient (Wildman–Crippen LogP) is 6.49. The summed E-state index contributed by atoms with van der Waals surface area (Å²) in [6, 6.07) is 52.8. The van der Waals surface area contributed by atoms with Crippen molar-refractivity contribution in [2.45, 2.75) is 185 Å². The molecule has 7 aromatic carbocycles. The molecule has 0 aliphatic carbocycles. The Labute approximate surface area is 714 Å². The molecule has 9 aliphatic rings. The number of fused-ring (bicyclic) bond motifs is 13. The third kappa shape index (κ3) is 18.6. The number of hydrogen-bond donors (Lipinski definition) is 8. The molecule has 5 saturated heterocycles. The molecule has 19 rings (SSSR count). The van der Waals surface area contributed by atoms with Crippen molar-refractivity contribution < 1.29 is 106 Å². The van der Waals surface area contributed by atoms with Crippen molar-refractivity contribution in [3.8, 4) is 12.0 Å². The Bertz CT molecular complexity index is 5730. The molecule has 0 radical (unpaired) electrons. The number of Topliss-reactive ketones (excluding diaryl/α,β-unsaturated/α-hetero) is 2. The smallest absolute Gasteiger partial charge is 0.338 e. The number of aromatic amines is 2. The summed E-state index contributed by atoms with van der Waals surface area (Å²) in [7, 11) is 1.50. The lowest BCUT2D eigenvalue weighted by atomic mass is 9.95. The maximum atomic E-state index is 12.8. The van der Waals surface area contributed by atoms with Crippen LogP contribution in [0.25, 0.3) is 32.7 Å². The zero-order chi connectivity index (χ0) is 89.4. The van der Waals surface area contributed by atoms with Crippen LogP contribution in [-0.2, 0) is 52.3 Å². The molecule has 10 aromatic rings. The third-order valence-electron chi connectivity index (χ3n) is 22.9. The summed E-state index contributed by atoms with van der Waals surface area (Å²) < 4.78 is 60.5. The van der Waals surface area contributed by atoms with Crippen molar-refractivity contribution in [3.05, 3.63) is 246 Å². The topological polar surface area (TPSA) is 481 Å². The number of nitrogens with zero attached hydrogens (tertiary/aromatic N) is 6. The highest BCUT2D eigenvalue weighted by atomic mass is 16.7. The van der Waals surface area contributed by atoms with Gasteiger partial charge in [0.2, 0.25) is 18.1 Å². The quantitative estimate of drug-likeness (QED) is 0.0368. The number of carbonyl (C=O) groups excluding carboxylic acids is 7. The molecule has 2 amide bonds. The molecule has 20 atom stereocenters. The molecule has 5 fully saturated rings. The van der Waals surface area contributed by atoms with Crippen molar-refractivity contribution in [3.63, 3.8) is 0 Å². The molecule has 0 spiro atoms. The zero-order valence-corrected chi connectivity index (χ0v) is 69.4. The van der Waals surface area contributed by atoms with Gasteiger partial charge in [-0.05, 0) is 111 Å². The lowest BCUT2D eigenvalue weighted by Gasteiger charge is -2.35. The number of hydrogen-bond acceptors (Lipinski definition) is 29. The molecule has 125 heavy (non-hydrogen) atoms. The number of aliphatic hydroxyl groups excluding tert-OH is 5. The average molecular weight is 1720 g/mol. The second kappa shape index (κ2) is 39.6. The number of nitrogens with two attached hydrogens (primary N) is 1. The number of carbonyl (C=O) groups is 7. The largest absolute Gasteiger partial charge is 0.456 e. The number of nitrogens with one attached hydrogen (secondary N) is 2. The molecule has 12 heterocycles. The van der Waals surface area contributed by atoms with Gasteiger partial charge in [-0.25, -0.2) is 14.4 Å². The average Bonchev–Trinajstić information content (AvgIpc) is 1.57. The zero-order valence-electron chi connectivity index (χ0n) is 69.4. The van der Waals surface area contributed by atoms with Crippen molar-refractivity contribution in [1.29, 1.82) is 0 Å². The first-order chi connectivity index (χ1) is 60.2. The number of H-pyrrole nitrogens is 2. The van der Waals surface area contributed by atoms with Crippen LogP contribution in [0.3, 0.4) is 0 Å². The van der Waals surface area contributed by atoms with E-state index in [2.05, 4.69) is 39.5 Å². The Morgan fingerprint density at radius 3 is 1.37 bits per heavy atom. The summed E-state index contributed by atoms with van der Waals surface area (Å²) in [6.45, 7) is 12.7. The van der Waals surface area contributed by atoms with E-state index in [9.17, 15) is 73.2 Å². The van der Waals surface area contributed by atoms with E-state index in [0.29, 0.717) is 72.7 Å². The molecule has 3 unspecified atom stereocenters. The Morgan fingerprint density at radius 2 is 0.856 bits per heavy atom. The lowest BCUT2D eigenvalue weighted by Crippen LogP contribution is -2.51. The number of amides is 2. The van der Waals surface area contributed by atoms with Crippen LogP contribution in [0.1, 0.15) is 134 Å². The van der Waals surface area contributed by atoms with Gasteiger partial charge in [0.05, 0.1) is 99.6 Å². The van der Waals surface area contributed by atoms with E-state index >= 15 is 0 Å². The fraction of sp³-hybridized carbons (Fsp3) is 0.389. The molecule has 9 N–H and O–H groups in total. The Hall–Kier alpha value is -12.4. The van der Waals surface area contributed by atoms with Crippen molar-refractivity contribution in [1.82, 2.24) is 29.1 Å². The van der Waals surface area contributed by atoms with Crippen molar-refractivity contribution in [2.75, 3.05) is 30.1 Å². The molecular weight excluding hydrogens is 1620 g/mol. The number of aliphatic hydroxyl groups is 5. The molecule has 35 nitrogen and oxygen atoms in total. The fourth-order valence-electron chi connectivity index (χ4n) is 16.6. The first kappa shape index (κ1) is 90.3. The molecule has 35 heteroatoms. The van der Waals surface area contributed by atoms with Crippen molar-refractivity contribution >= 4 is 85.4 Å². The summed E-state index contributed by atoms with van der Waals surface area (Å²) in [6.07, 6.45) is -8.89. The number of anilines is 2. The van der Waals surface area contributed by atoms with Gasteiger partial charge in [0.25, 0.3) is 16.7 Å². The minimum atomic E-state index is -1.35. The van der Waals surface area contributed by atoms with Crippen LogP contribution < -0.4 is 47.4 Å². The minimum Gasteiger partial charge on any atom is -0.456 e. The third-order valence-corrected chi connectivity index (χ3v) is 22.9. The summed E-state index contributed by atoms with van der Waals surface area (Å²) in [4.78, 5) is 146. The highest BCUT2D eigenvalue weighted by Crippen LogP contribution is 2.46. The van der Waals surface area contributed by atoms with Gasteiger partial charge in [0.15, 0.2) is 60.9 Å². The number of rotatable bonds is 12. The number of aromatic nitrogens is 6. The molecule has 3 aromatic heterocycles. The first-order valence-corrected chi connectivity index (χ1v) is 41.0. The molecule has 0 bridgehead atoms. The molecular formula is C90H97N9O26. The van der Waals surface area contributed by atoms with Crippen LogP contribution >= 0.6 is 0 Å². The summed E-state index contributed by atoms with van der Waals surface area (Å²) in [5, 5.41) is 49.8. The number of ether oxygens (including phenoxy) is 10. The maximum Gasteiger partial charge on any atom is 0.338 e. The van der Waals surface area contributed by atoms with E-state index in [-0.39, 0.29) is 102 Å². The first-order valence-electron chi connectivity index (χ1n) is 41.0. The van der Waals surface area contributed by atoms with E-state index in [1.807, 2.05) is 62.6 Å². The number of esters is 3. The van der Waals surface area contributed by atoms with Gasteiger partial charge >= 0.3 is 35.6 Å². The maximum absolute atomic E-state index is 12.8. The standard InChI is InChI=1S/C23H23NO5.C16H20O5.C15H16N2O3.C14H15NO6.C13H12N2O5.C8H6N2O2.CH5N/c1-3-19-14(2)21(29-23(27)15-9-5-4-6-10-15)22(28-19)24-17-12-8-7-11-16(17)18(25)13-20(24)26;1-4-13-10(2)14(16(20-13)19-11(3)17)21-15(18)12-8-6-5-7-9-12;1-3-11-8(2)12-14(19-11)17-10-7-5-4-6-9(10)13(18)16-15(17)20-12;16-6-10-12(19)13(20)14(21-10)15-8-4-2-1-3-7(8)9(17)5-11(15)18;16-5-8-9(17)10-12(19-8)15-7-4-2-1-3-6(7)11(18)14-13(15)20-10;11-7-5-3-1-2-4-6(5)9-8(12)10-7;1-2/h4-12,14,19,21-22H,3,13H2,1-2H3;5-10,13-14,16H,4H2,1-3H3;4-8,11-12,14H,3H2,1-2H3;1-4,10,12-14,16,19-20H,5-6H2;1-4,8-10,12,16-17H,5H2;1-4H,(H2,9,10,11,12);2H2,1H3/t14?,19-,21?,22-;10-,13-,14-,16?;8-,11-,12+,14-;10-,12-,13-,14-;8-,9-,10+,12-;;/m11111../s1. The van der Waals surface area contributed by atoms with E-state index < -0.39 is 110 Å². The van der Waals surface area contributed by atoms with Gasteiger partial charge in [-0.3, -0.25) is 62.3 Å². The Kier molecular flexibility index (Phi) is 28.6. The fourth-order valence-corrected chi connectivity index (χ4v) is 16.6. The highest BCUT2D eigenvalue weighted by Gasteiger charge is 2.55. The van der Waals surface area contributed by atoms with Gasteiger partial charge in [-0.2, -0.15) is 9.97 Å². The van der Waals surface area contributed by atoms with Gasteiger partial charge in [0.1, 0.15) is 30.5 Å². The summed E-state index contributed by atoms with van der Waals surface area (Å²) >= 11 is 0. The van der Waals surface area contributed by atoms with E-state index in [0.717, 1.165) is 24.8 Å². The van der Waals surface area contributed by atoms with Crippen LogP contribution in [0.2, 0.25) is 0 Å². The molecule has 9 aliphatic heterocycles. The van der Waals surface area contributed by atoms with Crippen LogP contribution in [-0.4, -0.2) is 208 Å². The number of ketones is 2. The Morgan fingerprint density at radius 1 is 0.448 bits per heavy atom. The predicted molar refractivity (Wildman–Crippen MR) is 449 cm³/mol. The van der Waals surface area contributed by atoms with Gasteiger partial charge in [-0.15, -0.1) is 0 Å². The summed E-state index contributed by atoms with van der Waals surface area (Å²) in [5.41, 5.74) is 7.69. The van der Waals surface area contributed by atoms with E-state index in [1.165, 1.54) is 23.8 Å². The highest BCUT2D eigenvalue weighted by molar-refractivity contribution is 6.20. The van der Waals surface area contributed by atoms with Crippen LogP contribution in [0.4, 0.5) is 11.4 Å². The summed E-state index contributed by atoms with van der Waals surface area (Å²) in [5.74, 6) is -2.55. The normalized spacial score (nSPS) is 27.3. The van der Waals surface area contributed by atoms with E-state index in [1.54, 1.807) is 156 Å². The van der Waals surface area contributed by atoms with Gasteiger partial charge in [0, 0.05) is 35.8 Å². The molecule has 0 saturated carbocycles.